The molecule has 0 aliphatic carbocycles. The quantitative estimate of drug-likeness (QED) is 0.163. The minimum Gasteiger partial charge on any atom is -0.480 e. The first kappa shape index (κ1) is 28.9. The van der Waals surface area contributed by atoms with Crippen molar-refractivity contribution in [1.82, 2.24) is 15.0 Å². The molecule has 0 unspecified atom stereocenters. The van der Waals surface area contributed by atoms with Crippen LogP contribution in [0, 0.1) is 0 Å². The Labute approximate surface area is 204 Å². The van der Waals surface area contributed by atoms with Gasteiger partial charge >= 0.3 is 17.9 Å². The molecule has 0 radical (unpaired) electrons. The zero-order chi connectivity index (χ0) is 24.8. The highest BCUT2D eigenvalue weighted by atomic mass is 32.2. The lowest BCUT2D eigenvalue weighted by atomic mass is 10.2. The molecule has 0 bridgehead atoms. The molecular weight excluding hydrogens is 492 g/mol. The van der Waals surface area contributed by atoms with E-state index in [1.54, 1.807) is 0 Å². The second kappa shape index (κ2) is 15.7. The van der Waals surface area contributed by atoms with Gasteiger partial charge in [0.25, 0.3) is 0 Å². The molecule has 15 heteroatoms. The van der Waals surface area contributed by atoms with Crippen molar-refractivity contribution < 1.29 is 29.7 Å². The molecule has 3 atom stereocenters. The van der Waals surface area contributed by atoms with Crippen LogP contribution in [0.25, 0.3) is 0 Å². The van der Waals surface area contributed by atoms with Crippen LogP contribution in [0.1, 0.15) is 19.3 Å². The number of rotatable bonds is 18. The van der Waals surface area contributed by atoms with Crippen molar-refractivity contribution in [2.45, 2.75) is 37.4 Å². The van der Waals surface area contributed by atoms with Crippen LogP contribution in [0.15, 0.2) is 0 Å². The van der Waals surface area contributed by atoms with Crippen molar-refractivity contribution in [2.75, 3.05) is 52.0 Å². The maximum absolute atomic E-state index is 11.6. The van der Waals surface area contributed by atoms with Gasteiger partial charge in [-0.3, -0.25) is 0 Å². The predicted molar refractivity (Wildman–Crippen MR) is 134 cm³/mol. The zero-order valence-electron chi connectivity index (χ0n) is 18.6. The fourth-order valence-electron chi connectivity index (χ4n) is 2.52. The molecule has 1 aromatic rings. The Morgan fingerprint density at radius 1 is 0.636 bits per heavy atom. The van der Waals surface area contributed by atoms with Crippen LogP contribution in [0.3, 0.4) is 0 Å². The monoisotopic (exact) mass is 522 g/mol. The van der Waals surface area contributed by atoms with E-state index in [4.69, 9.17) is 0 Å². The molecule has 1 heterocycles. The number of aliphatic carboxylic acids is 3. The number of hydrogen-bond acceptors (Lipinski definition) is 12. The Balaban J connectivity index is 3.25. The summed E-state index contributed by atoms with van der Waals surface area (Å²) >= 11 is 4.46. The summed E-state index contributed by atoms with van der Waals surface area (Å²) in [4.78, 5) is 47.2. The fourth-order valence-corrected chi connectivity index (χ4v) is 3.93. The maximum Gasteiger partial charge on any atom is 0.326 e. The molecule has 12 nitrogen and oxygen atoms in total. The Kier molecular flexibility index (Phi) is 13.7. The summed E-state index contributed by atoms with van der Waals surface area (Å²) in [5.41, 5.74) is 0. The van der Waals surface area contributed by atoms with E-state index in [-0.39, 0.29) is 17.8 Å². The smallest absolute Gasteiger partial charge is 0.326 e. The van der Waals surface area contributed by atoms with Gasteiger partial charge in [0, 0.05) is 0 Å². The summed E-state index contributed by atoms with van der Waals surface area (Å²) < 4.78 is 0. The van der Waals surface area contributed by atoms with Crippen LogP contribution < -0.4 is 16.0 Å². The summed E-state index contributed by atoms with van der Waals surface area (Å²) in [6, 6.07) is -2.96. The first-order chi connectivity index (χ1) is 15.7. The van der Waals surface area contributed by atoms with Crippen molar-refractivity contribution in [3.05, 3.63) is 0 Å². The molecule has 1 rings (SSSR count). The average Bonchev–Trinajstić information content (AvgIpc) is 2.76. The molecule has 0 aliphatic heterocycles. The molecule has 0 aliphatic rings. The van der Waals surface area contributed by atoms with E-state index in [1.165, 1.54) is 35.3 Å². The number of nitrogens with zero attached hydrogens (tertiary/aromatic N) is 3. The lowest BCUT2D eigenvalue weighted by molar-refractivity contribution is -0.138. The summed E-state index contributed by atoms with van der Waals surface area (Å²) in [6.07, 6.45) is 6.45. The van der Waals surface area contributed by atoms with E-state index in [1.807, 2.05) is 18.8 Å². The topological polar surface area (TPSA) is 187 Å². The highest BCUT2D eigenvalue weighted by Gasteiger charge is 2.24. The summed E-state index contributed by atoms with van der Waals surface area (Å²) in [5, 5.41) is 36.7. The number of aromatic nitrogens is 3. The number of anilines is 3. The van der Waals surface area contributed by atoms with Gasteiger partial charge in [0.15, 0.2) is 0 Å². The summed E-state index contributed by atoms with van der Waals surface area (Å²) in [6.45, 7) is 0. The number of thioether (sulfide) groups is 3. The van der Waals surface area contributed by atoms with Crippen LogP contribution in [-0.2, 0) is 14.4 Å². The van der Waals surface area contributed by atoms with Gasteiger partial charge in [0.1, 0.15) is 18.1 Å². The molecular formula is C18H30N6O6S3. The minimum absolute atomic E-state index is 0.105. The fraction of sp³-hybridized carbons (Fsp3) is 0.667. The van der Waals surface area contributed by atoms with E-state index in [0.717, 1.165) is 0 Å². The first-order valence-corrected chi connectivity index (χ1v) is 14.1. The number of hydrogen-bond donors (Lipinski definition) is 6. The lowest BCUT2D eigenvalue weighted by Crippen LogP contribution is -2.34. The number of carboxylic acid groups (broad SMARTS) is 3. The van der Waals surface area contributed by atoms with Crippen molar-refractivity contribution >= 4 is 71.0 Å². The number of carboxylic acids is 3. The number of nitrogens with one attached hydrogen (secondary N) is 3. The second-order valence-corrected chi connectivity index (χ2v) is 9.71. The van der Waals surface area contributed by atoms with Crippen LogP contribution in [0.5, 0.6) is 0 Å². The second-order valence-electron chi connectivity index (χ2n) is 6.76. The van der Waals surface area contributed by atoms with Gasteiger partial charge in [0.05, 0.1) is 0 Å². The van der Waals surface area contributed by atoms with Crippen molar-refractivity contribution in [1.29, 1.82) is 0 Å². The highest BCUT2D eigenvalue weighted by Crippen LogP contribution is 2.16. The molecule has 33 heavy (non-hydrogen) atoms. The van der Waals surface area contributed by atoms with Gasteiger partial charge in [-0.05, 0) is 55.3 Å². The maximum atomic E-state index is 11.6. The van der Waals surface area contributed by atoms with Gasteiger partial charge in [-0.2, -0.15) is 50.2 Å². The minimum atomic E-state index is -1.10. The van der Waals surface area contributed by atoms with Crippen LogP contribution >= 0.6 is 35.3 Å². The Hall–Kier alpha value is -2.13. The van der Waals surface area contributed by atoms with E-state index in [2.05, 4.69) is 30.9 Å². The standard InChI is InChI=1S/C18H30N6O6S3/c1-31-7-4-10(13(25)26)19-16-22-17(20-11(14(27)28)5-8-32-2)24-18(23-16)21-12(15(29)30)6-9-33-3/h10-12H,4-9H2,1-3H3,(H,25,26)(H,27,28)(H,29,30)(H3,19,20,21,22,23,24)/t10-,11-,12-/m0/s1. The van der Waals surface area contributed by atoms with Crippen LogP contribution in [0.4, 0.5) is 17.8 Å². The van der Waals surface area contributed by atoms with Crippen LogP contribution in [-0.4, -0.2) is 102 Å². The van der Waals surface area contributed by atoms with Gasteiger partial charge < -0.3 is 31.3 Å². The van der Waals surface area contributed by atoms with Crippen molar-refractivity contribution in [3.8, 4) is 0 Å². The zero-order valence-corrected chi connectivity index (χ0v) is 21.1. The Morgan fingerprint density at radius 2 is 0.879 bits per heavy atom. The molecule has 1 aromatic heterocycles. The molecule has 0 fully saturated rings. The van der Waals surface area contributed by atoms with Crippen molar-refractivity contribution in [2.24, 2.45) is 0 Å². The normalized spacial score (nSPS) is 13.5. The largest absolute Gasteiger partial charge is 0.480 e. The average molecular weight is 523 g/mol. The van der Waals surface area contributed by atoms with Gasteiger partial charge in [-0.25, -0.2) is 14.4 Å². The molecule has 0 saturated heterocycles. The van der Waals surface area contributed by atoms with Crippen LogP contribution in [0.2, 0.25) is 0 Å². The lowest BCUT2D eigenvalue weighted by Gasteiger charge is -2.19. The predicted octanol–water partition coefficient (Wildman–Crippen LogP) is 1.73. The molecule has 6 N–H and O–H groups in total. The van der Waals surface area contributed by atoms with Crippen molar-refractivity contribution in [3.63, 3.8) is 0 Å². The Bertz CT molecular complexity index is 678. The molecule has 0 amide bonds. The molecule has 186 valence electrons. The highest BCUT2D eigenvalue weighted by molar-refractivity contribution is 7.98. The number of carbonyl (C=O) groups is 3. The third kappa shape index (κ3) is 11.0. The first-order valence-electron chi connectivity index (χ1n) is 9.92. The summed E-state index contributed by atoms with van der Waals surface area (Å²) in [5.74, 6) is -1.87. The molecule has 0 spiro atoms. The van der Waals surface area contributed by atoms with E-state index in [9.17, 15) is 29.7 Å². The Morgan fingerprint density at radius 3 is 1.06 bits per heavy atom. The third-order valence-corrected chi connectivity index (χ3v) is 6.20. The van der Waals surface area contributed by atoms with E-state index >= 15 is 0 Å². The molecule has 0 aromatic carbocycles. The van der Waals surface area contributed by atoms with Gasteiger partial charge in [-0.15, -0.1) is 0 Å². The van der Waals surface area contributed by atoms with Gasteiger partial charge in [0.2, 0.25) is 17.8 Å². The SMILES string of the molecule is CSCC[C@H](Nc1nc(N[C@@H](CCSC)C(=O)O)nc(N[C@@H](CCSC)C(=O)O)n1)C(=O)O. The van der Waals surface area contributed by atoms with Gasteiger partial charge in [-0.1, -0.05) is 0 Å². The molecule has 0 saturated carbocycles. The van der Waals surface area contributed by atoms with E-state index in [0.29, 0.717) is 36.5 Å². The third-order valence-electron chi connectivity index (χ3n) is 4.27. The van der Waals surface area contributed by atoms with E-state index < -0.39 is 36.0 Å². The summed E-state index contributed by atoms with van der Waals surface area (Å²) in [7, 11) is 0.